The maximum atomic E-state index is 13.3. The van der Waals surface area contributed by atoms with Crippen LogP contribution in [0.4, 0.5) is 5.95 Å². The largest absolute Gasteiger partial charge is 0.341 e. The van der Waals surface area contributed by atoms with E-state index in [-0.39, 0.29) is 23.5 Å². The summed E-state index contributed by atoms with van der Waals surface area (Å²) in [6.07, 6.45) is 4.01. The van der Waals surface area contributed by atoms with Gasteiger partial charge in [0.15, 0.2) is 15.0 Å². The van der Waals surface area contributed by atoms with Crippen LogP contribution in [-0.2, 0) is 14.6 Å². The molecule has 2 unspecified atom stereocenters. The van der Waals surface area contributed by atoms with Gasteiger partial charge in [-0.05, 0) is 58.6 Å². The van der Waals surface area contributed by atoms with Gasteiger partial charge in [-0.3, -0.25) is 9.36 Å². The Balaban J connectivity index is 1.59. The molecular weight excluding hydrogens is 458 g/mol. The van der Waals surface area contributed by atoms with Gasteiger partial charge in [0.05, 0.1) is 22.4 Å². The average molecular weight is 492 g/mol. The second kappa shape index (κ2) is 10.0. The van der Waals surface area contributed by atoms with Gasteiger partial charge in [0.1, 0.15) is 0 Å². The summed E-state index contributed by atoms with van der Waals surface area (Å²) in [5.74, 6) is 0.976. The van der Waals surface area contributed by atoms with Crippen molar-refractivity contribution in [1.29, 1.82) is 0 Å². The number of hydrogen-bond donors (Lipinski definition) is 0. The highest BCUT2D eigenvalue weighted by atomic mass is 32.2. The molecule has 2 saturated heterocycles. The summed E-state index contributed by atoms with van der Waals surface area (Å²) in [4.78, 5) is 17.3. The van der Waals surface area contributed by atoms with E-state index in [1.165, 1.54) is 23.7 Å². The van der Waals surface area contributed by atoms with Crippen LogP contribution in [0.25, 0.3) is 5.69 Å². The molecule has 0 saturated carbocycles. The maximum absolute atomic E-state index is 13.3. The van der Waals surface area contributed by atoms with E-state index in [4.69, 9.17) is 0 Å². The van der Waals surface area contributed by atoms with Crippen LogP contribution in [0.1, 0.15) is 45.1 Å². The monoisotopic (exact) mass is 491 g/mol. The quantitative estimate of drug-likeness (QED) is 0.550. The Morgan fingerprint density at radius 1 is 1.18 bits per heavy atom. The highest BCUT2D eigenvalue weighted by Gasteiger charge is 2.36. The first-order valence-corrected chi connectivity index (χ1v) is 14.4. The molecule has 0 radical (unpaired) electrons. The summed E-state index contributed by atoms with van der Waals surface area (Å²) >= 11 is 1.39. The first kappa shape index (κ1) is 24.1. The zero-order valence-corrected chi connectivity index (χ0v) is 21.2. The molecule has 0 aliphatic carbocycles. The fourth-order valence-corrected chi connectivity index (χ4v) is 7.28. The first-order valence-electron chi connectivity index (χ1n) is 11.7. The minimum atomic E-state index is -3.06. The molecule has 4 rings (SSSR count). The molecular formula is C23H33N5O3S2. The highest BCUT2D eigenvalue weighted by Crippen LogP contribution is 2.32. The highest BCUT2D eigenvalue weighted by molar-refractivity contribution is 8.00. The molecule has 2 atom stereocenters. The third kappa shape index (κ3) is 5.37. The Hall–Kier alpha value is -2.07. The minimum Gasteiger partial charge on any atom is -0.341 e. The van der Waals surface area contributed by atoms with Crippen molar-refractivity contribution >= 4 is 33.5 Å². The number of thioether (sulfide) groups is 1. The lowest BCUT2D eigenvalue weighted by Crippen LogP contribution is -2.44. The van der Waals surface area contributed by atoms with Crippen molar-refractivity contribution in [2.75, 3.05) is 36.0 Å². The van der Waals surface area contributed by atoms with Gasteiger partial charge in [-0.2, -0.15) is 0 Å². The fourth-order valence-electron chi connectivity index (χ4n) is 4.61. The molecule has 180 valence electrons. The summed E-state index contributed by atoms with van der Waals surface area (Å²) < 4.78 is 26.0. The smallest absolute Gasteiger partial charge is 0.236 e. The van der Waals surface area contributed by atoms with Crippen molar-refractivity contribution in [3.05, 3.63) is 29.8 Å². The van der Waals surface area contributed by atoms with Crippen molar-refractivity contribution in [3.8, 4) is 5.69 Å². The molecule has 2 aromatic rings. The zero-order valence-electron chi connectivity index (χ0n) is 19.6. The van der Waals surface area contributed by atoms with Gasteiger partial charge in [0, 0.05) is 25.7 Å². The summed E-state index contributed by atoms with van der Waals surface area (Å²) in [6, 6.07) is 8.01. The Morgan fingerprint density at radius 3 is 2.48 bits per heavy atom. The average Bonchev–Trinajstić information content (AvgIpc) is 3.38. The molecule has 1 amide bonds. The second-order valence-corrected chi connectivity index (χ2v) is 12.5. The van der Waals surface area contributed by atoms with E-state index < -0.39 is 15.1 Å². The van der Waals surface area contributed by atoms with Crippen molar-refractivity contribution in [2.45, 2.75) is 62.9 Å². The number of aromatic nitrogens is 3. The van der Waals surface area contributed by atoms with Crippen LogP contribution < -0.4 is 4.90 Å². The standard InChI is InChI=1S/C23H33N5O3S2/c1-4-27(20-12-15-33(30,31)16-20)21(29)18(3)32-23-25-24-22(26-13-6-5-7-14-26)28(23)19-10-8-17(2)9-11-19/h8-11,18,20H,4-7,12-16H2,1-3H3. The van der Waals surface area contributed by atoms with Gasteiger partial charge in [0.25, 0.3) is 0 Å². The van der Waals surface area contributed by atoms with E-state index in [9.17, 15) is 13.2 Å². The van der Waals surface area contributed by atoms with Crippen molar-refractivity contribution in [1.82, 2.24) is 19.7 Å². The SMILES string of the molecule is CCN(C(=O)C(C)Sc1nnc(N2CCCCC2)n1-c1ccc(C)cc1)C1CCS(=O)(=O)C1. The van der Waals surface area contributed by atoms with E-state index in [2.05, 4.69) is 50.9 Å². The lowest BCUT2D eigenvalue weighted by molar-refractivity contribution is -0.131. The number of amides is 1. The van der Waals surface area contributed by atoms with E-state index >= 15 is 0 Å². The van der Waals surface area contributed by atoms with Crippen molar-refractivity contribution < 1.29 is 13.2 Å². The number of sulfone groups is 1. The van der Waals surface area contributed by atoms with E-state index in [1.807, 2.05) is 13.8 Å². The maximum Gasteiger partial charge on any atom is 0.236 e. The second-order valence-electron chi connectivity index (χ2n) is 8.94. The molecule has 8 nitrogen and oxygen atoms in total. The summed E-state index contributed by atoms with van der Waals surface area (Å²) in [7, 11) is -3.06. The molecule has 1 aromatic carbocycles. The molecule has 0 spiro atoms. The Labute approximate surface area is 200 Å². The topological polar surface area (TPSA) is 88.4 Å². The van der Waals surface area contributed by atoms with Gasteiger partial charge < -0.3 is 9.80 Å². The van der Waals surface area contributed by atoms with Crippen molar-refractivity contribution in [2.24, 2.45) is 0 Å². The number of anilines is 1. The molecule has 1 aromatic heterocycles. The summed E-state index contributed by atoms with van der Waals surface area (Å²) in [5, 5.41) is 9.28. The normalized spacial score (nSPS) is 21.2. The third-order valence-electron chi connectivity index (χ3n) is 6.45. The van der Waals surface area contributed by atoms with Gasteiger partial charge in [-0.1, -0.05) is 29.5 Å². The predicted molar refractivity (Wildman–Crippen MR) is 132 cm³/mol. The first-order chi connectivity index (χ1) is 15.8. The van der Waals surface area contributed by atoms with Gasteiger partial charge in [-0.25, -0.2) is 8.42 Å². The van der Waals surface area contributed by atoms with Crippen LogP contribution in [0.15, 0.2) is 29.4 Å². The van der Waals surface area contributed by atoms with Gasteiger partial charge in [-0.15, -0.1) is 10.2 Å². The van der Waals surface area contributed by atoms with Crippen LogP contribution in [0.3, 0.4) is 0 Å². The number of benzene rings is 1. The number of rotatable bonds is 7. The number of hydrogen-bond acceptors (Lipinski definition) is 7. The van der Waals surface area contributed by atoms with Crippen LogP contribution in [0.2, 0.25) is 0 Å². The minimum absolute atomic E-state index is 0.0532. The molecule has 33 heavy (non-hydrogen) atoms. The van der Waals surface area contributed by atoms with Gasteiger partial charge >= 0.3 is 0 Å². The summed E-state index contributed by atoms with van der Waals surface area (Å²) in [6.45, 7) is 8.22. The zero-order chi connectivity index (χ0) is 23.6. The Bertz CT molecular complexity index is 1080. The number of carbonyl (C=O) groups excluding carboxylic acids is 1. The number of piperidine rings is 1. The lowest BCUT2D eigenvalue weighted by Gasteiger charge is -2.29. The number of carbonyl (C=O) groups is 1. The van der Waals surface area contributed by atoms with Crippen LogP contribution in [0.5, 0.6) is 0 Å². The van der Waals surface area contributed by atoms with Crippen molar-refractivity contribution in [3.63, 3.8) is 0 Å². The Kier molecular flexibility index (Phi) is 7.33. The molecule has 10 heteroatoms. The Morgan fingerprint density at radius 2 is 1.88 bits per heavy atom. The van der Waals surface area contributed by atoms with Crippen LogP contribution in [0, 0.1) is 6.92 Å². The van der Waals surface area contributed by atoms with Crippen LogP contribution in [-0.4, -0.2) is 76.4 Å². The summed E-state index contributed by atoms with van der Waals surface area (Å²) in [5.41, 5.74) is 2.15. The fraction of sp³-hybridized carbons (Fsp3) is 0.609. The number of aryl methyl sites for hydroxylation is 1. The third-order valence-corrected chi connectivity index (χ3v) is 9.23. The predicted octanol–water partition coefficient (Wildman–Crippen LogP) is 3.08. The lowest BCUT2D eigenvalue weighted by atomic mass is 10.1. The van der Waals surface area contributed by atoms with Gasteiger partial charge in [0.2, 0.25) is 11.9 Å². The molecule has 2 aliphatic rings. The number of nitrogens with zero attached hydrogens (tertiary/aromatic N) is 5. The molecule has 0 bridgehead atoms. The molecule has 2 fully saturated rings. The van der Waals surface area contributed by atoms with E-state index in [0.29, 0.717) is 18.1 Å². The van der Waals surface area contributed by atoms with E-state index in [1.54, 1.807) is 4.90 Å². The van der Waals surface area contributed by atoms with E-state index in [0.717, 1.165) is 37.6 Å². The van der Waals surface area contributed by atoms with Crippen LogP contribution >= 0.6 is 11.8 Å². The molecule has 0 N–H and O–H groups in total. The molecule has 2 aliphatic heterocycles. The molecule has 3 heterocycles.